The quantitative estimate of drug-likeness (QED) is 0.906. The van der Waals surface area contributed by atoms with Gasteiger partial charge in [0.1, 0.15) is 0 Å². The lowest BCUT2D eigenvalue weighted by atomic mass is 9.64. The van der Waals surface area contributed by atoms with Crippen molar-refractivity contribution in [3.05, 3.63) is 24.2 Å². The smallest absolute Gasteiger partial charge is 0.289 e. The molecular weight excluding hydrogens is 292 g/mol. The van der Waals surface area contributed by atoms with Crippen LogP contribution in [0.4, 0.5) is 0 Å². The first kappa shape index (κ1) is 16.5. The number of piperidine rings is 1. The van der Waals surface area contributed by atoms with Gasteiger partial charge in [-0.1, -0.05) is 13.8 Å². The number of amides is 1. The highest BCUT2D eigenvalue weighted by molar-refractivity contribution is 5.91. The van der Waals surface area contributed by atoms with E-state index in [1.165, 1.54) is 0 Å². The number of carbonyl (C=O) groups is 1. The fraction of sp³-hybridized carbons (Fsp3) is 0.722. The van der Waals surface area contributed by atoms with E-state index in [4.69, 9.17) is 9.15 Å². The molecule has 1 N–H and O–H groups in total. The van der Waals surface area contributed by atoms with Gasteiger partial charge >= 0.3 is 0 Å². The van der Waals surface area contributed by atoms with Crippen molar-refractivity contribution in [1.29, 1.82) is 0 Å². The summed E-state index contributed by atoms with van der Waals surface area (Å²) in [6, 6.07) is 4.49. The third-order valence-corrected chi connectivity index (χ3v) is 5.50. The fourth-order valence-corrected chi connectivity index (χ4v) is 3.74. The van der Waals surface area contributed by atoms with Gasteiger partial charge in [0.05, 0.1) is 12.4 Å². The van der Waals surface area contributed by atoms with Crippen molar-refractivity contribution in [2.75, 3.05) is 19.7 Å². The Kier molecular flexibility index (Phi) is 4.78. The number of furan rings is 1. The van der Waals surface area contributed by atoms with E-state index in [2.05, 4.69) is 26.1 Å². The lowest BCUT2D eigenvalue weighted by Gasteiger charge is -2.53. The van der Waals surface area contributed by atoms with Gasteiger partial charge in [0, 0.05) is 37.2 Å². The van der Waals surface area contributed by atoms with Crippen LogP contribution in [-0.4, -0.2) is 48.7 Å². The average Bonchev–Trinajstić information content (AvgIpc) is 3.08. The lowest BCUT2D eigenvalue weighted by Crippen LogP contribution is -2.63. The molecule has 2 fully saturated rings. The van der Waals surface area contributed by atoms with Crippen molar-refractivity contribution < 1.29 is 13.9 Å². The lowest BCUT2D eigenvalue weighted by molar-refractivity contribution is -0.117. The molecule has 2 aliphatic rings. The minimum absolute atomic E-state index is 0.00818. The topological polar surface area (TPSA) is 54.7 Å². The number of hydrogen-bond donors (Lipinski definition) is 1. The Hall–Kier alpha value is -1.33. The van der Waals surface area contributed by atoms with Crippen LogP contribution in [0.15, 0.2) is 22.8 Å². The normalized spacial score (nSPS) is 27.7. The van der Waals surface area contributed by atoms with E-state index in [9.17, 15) is 4.79 Å². The van der Waals surface area contributed by atoms with Crippen LogP contribution in [0, 0.1) is 5.41 Å². The van der Waals surface area contributed by atoms with Gasteiger partial charge in [-0.3, -0.25) is 4.79 Å². The Balaban J connectivity index is 1.46. The van der Waals surface area contributed by atoms with Crippen LogP contribution in [0.5, 0.6) is 0 Å². The maximum Gasteiger partial charge on any atom is 0.289 e. The zero-order valence-corrected chi connectivity index (χ0v) is 14.4. The van der Waals surface area contributed by atoms with Gasteiger partial charge in [-0.15, -0.1) is 0 Å². The second-order valence-electron chi connectivity index (χ2n) is 7.26. The van der Waals surface area contributed by atoms with E-state index in [0.717, 1.165) is 39.0 Å². The van der Waals surface area contributed by atoms with Crippen LogP contribution in [0.2, 0.25) is 0 Å². The molecule has 1 aromatic rings. The van der Waals surface area contributed by atoms with Crippen molar-refractivity contribution in [2.45, 2.75) is 58.2 Å². The predicted molar refractivity (Wildman–Crippen MR) is 88.4 cm³/mol. The van der Waals surface area contributed by atoms with Gasteiger partial charge in [0.25, 0.3) is 5.91 Å². The molecule has 1 aliphatic heterocycles. The molecule has 0 spiro atoms. The summed E-state index contributed by atoms with van der Waals surface area (Å²) in [6.07, 6.45) is 5.00. The highest BCUT2D eigenvalue weighted by Gasteiger charge is 2.49. The Bertz CT molecular complexity index is 518. The second-order valence-corrected chi connectivity index (χ2v) is 7.26. The van der Waals surface area contributed by atoms with Crippen molar-refractivity contribution in [1.82, 2.24) is 10.2 Å². The maximum atomic E-state index is 12.3. The molecule has 0 aromatic carbocycles. The molecule has 0 radical (unpaired) electrons. The molecule has 5 nitrogen and oxygen atoms in total. The van der Waals surface area contributed by atoms with E-state index in [1.807, 2.05) is 4.90 Å². The fourth-order valence-electron chi connectivity index (χ4n) is 3.74. The van der Waals surface area contributed by atoms with E-state index in [-0.39, 0.29) is 11.3 Å². The predicted octanol–water partition coefficient (Wildman–Crippen LogP) is 2.68. The third-order valence-electron chi connectivity index (χ3n) is 5.50. The SMILES string of the molecule is CCO[C@@H]1C[C@@H](NC2CCN(C(=O)c3ccco3)CC2)C1(C)C. The summed E-state index contributed by atoms with van der Waals surface area (Å²) < 4.78 is 11.0. The summed E-state index contributed by atoms with van der Waals surface area (Å²) in [7, 11) is 0. The van der Waals surface area contributed by atoms with Gasteiger partial charge in [-0.2, -0.15) is 0 Å². The zero-order chi connectivity index (χ0) is 16.4. The summed E-state index contributed by atoms with van der Waals surface area (Å²) in [5, 5.41) is 3.79. The van der Waals surface area contributed by atoms with Crippen molar-refractivity contribution >= 4 is 5.91 Å². The van der Waals surface area contributed by atoms with Gasteiger partial charge < -0.3 is 19.4 Å². The molecule has 1 saturated heterocycles. The Morgan fingerprint density at radius 2 is 2.17 bits per heavy atom. The summed E-state index contributed by atoms with van der Waals surface area (Å²) in [5.41, 5.74) is 0.192. The minimum Gasteiger partial charge on any atom is -0.459 e. The first-order valence-corrected chi connectivity index (χ1v) is 8.72. The number of likely N-dealkylation sites (tertiary alicyclic amines) is 1. The van der Waals surface area contributed by atoms with Crippen LogP contribution >= 0.6 is 0 Å². The van der Waals surface area contributed by atoms with E-state index >= 15 is 0 Å². The number of hydrogen-bond acceptors (Lipinski definition) is 4. The molecule has 3 rings (SSSR count). The Morgan fingerprint density at radius 1 is 1.43 bits per heavy atom. The molecule has 128 valence electrons. The van der Waals surface area contributed by atoms with Crippen LogP contribution in [0.3, 0.4) is 0 Å². The molecule has 1 aliphatic carbocycles. The molecule has 1 aromatic heterocycles. The van der Waals surface area contributed by atoms with E-state index in [0.29, 0.717) is 23.9 Å². The minimum atomic E-state index is 0.00818. The van der Waals surface area contributed by atoms with E-state index in [1.54, 1.807) is 18.4 Å². The van der Waals surface area contributed by atoms with E-state index < -0.39 is 0 Å². The van der Waals surface area contributed by atoms with Crippen molar-refractivity contribution in [3.8, 4) is 0 Å². The highest BCUT2D eigenvalue weighted by Crippen LogP contribution is 2.43. The average molecular weight is 320 g/mol. The number of rotatable bonds is 5. The first-order valence-electron chi connectivity index (χ1n) is 8.72. The Morgan fingerprint density at radius 3 is 2.74 bits per heavy atom. The summed E-state index contributed by atoms with van der Waals surface area (Å²) in [5.74, 6) is 0.449. The van der Waals surface area contributed by atoms with Crippen LogP contribution in [0.25, 0.3) is 0 Å². The molecule has 0 bridgehead atoms. The summed E-state index contributed by atoms with van der Waals surface area (Å²) >= 11 is 0. The standard InChI is InChI=1S/C18H28N2O3/c1-4-22-16-12-15(18(16,2)3)19-13-7-9-20(10-8-13)17(21)14-6-5-11-23-14/h5-6,11,13,15-16,19H,4,7-10,12H2,1-3H3/t15-,16-/m1/s1. The van der Waals surface area contributed by atoms with Gasteiger partial charge in [0.15, 0.2) is 5.76 Å². The Labute approximate surface area is 138 Å². The molecule has 1 amide bonds. The largest absolute Gasteiger partial charge is 0.459 e. The molecule has 5 heteroatoms. The number of nitrogens with one attached hydrogen (secondary N) is 1. The van der Waals surface area contributed by atoms with Crippen LogP contribution in [0.1, 0.15) is 50.6 Å². The molecule has 23 heavy (non-hydrogen) atoms. The number of nitrogens with zero attached hydrogens (tertiary/aromatic N) is 1. The second kappa shape index (κ2) is 6.65. The number of ether oxygens (including phenoxy) is 1. The van der Waals surface area contributed by atoms with Crippen LogP contribution in [-0.2, 0) is 4.74 Å². The third kappa shape index (κ3) is 3.31. The highest BCUT2D eigenvalue weighted by atomic mass is 16.5. The molecule has 2 atom stereocenters. The van der Waals surface area contributed by atoms with Gasteiger partial charge in [-0.25, -0.2) is 0 Å². The summed E-state index contributed by atoms with van der Waals surface area (Å²) in [4.78, 5) is 14.2. The zero-order valence-electron chi connectivity index (χ0n) is 14.4. The molecular formula is C18H28N2O3. The van der Waals surface area contributed by atoms with Gasteiger partial charge in [-0.05, 0) is 38.3 Å². The first-order chi connectivity index (χ1) is 11.0. The summed E-state index contributed by atoms with van der Waals surface area (Å²) in [6.45, 7) is 8.99. The maximum absolute atomic E-state index is 12.3. The van der Waals surface area contributed by atoms with Crippen molar-refractivity contribution in [3.63, 3.8) is 0 Å². The molecule has 2 heterocycles. The van der Waals surface area contributed by atoms with Crippen molar-refractivity contribution in [2.24, 2.45) is 5.41 Å². The number of carbonyl (C=O) groups excluding carboxylic acids is 1. The monoisotopic (exact) mass is 320 g/mol. The van der Waals surface area contributed by atoms with Crippen LogP contribution < -0.4 is 5.32 Å². The molecule has 1 saturated carbocycles. The van der Waals surface area contributed by atoms with Gasteiger partial charge in [0.2, 0.25) is 0 Å². The molecule has 0 unspecified atom stereocenters.